The molecule has 2 heteroatoms. The first-order valence-electron chi connectivity index (χ1n) is 9.09. The number of benzene rings is 1. The minimum Gasteiger partial charge on any atom is -0.341 e. The Labute approximate surface area is 128 Å². The summed E-state index contributed by atoms with van der Waals surface area (Å²) < 4.78 is 0. The molecule has 2 saturated carbocycles. The monoisotopic (exact) mass is 286 g/mol. The highest BCUT2D eigenvalue weighted by atomic mass is 15.1. The summed E-state index contributed by atoms with van der Waals surface area (Å²) in [6, 6.07) is 12.9. The molecule has 3 N–H and O–H groups in total. The third kappa shape index (κ3) is 3.17. The molecule has 3 atom stereocenters. The molecule has 1 aliphatic heterocycles. The summed E-state index contributed by atoms with van der Waals surface area (Å²) in [6.45, 7) is 3.97. The molecule has 3 fully saturated rings. The first-order valence-corrected chi connectivity index (χ1v) is 9.09. The Morgan fingerprint density at radius 1 is 0.952 bits per heavy atom. The Balaban J connectivity index is 1.23. The van der Waals surface area contributed by atoms with Gasteiger partial charge >= 0.3 is 0 Å². The maximum atomic E-state index is 2.79. The lowest BCUT2D eigenvalue weighted by Crippen LogP contribution is -3.14. The SMILES string of the molecule is c1ccc(C[NH+]2CCC([NH2+][C@@H]3C[C@H]4CC[C@@H]3C4)CC2)cc1. The second-order valence-electron chi connectivity index (χ2n) is 7.78. The van der Waals surface area contributed by atoms with Crippen LogP contribution in [-0.2, 0) is 6.54 Å². The van der Waals surface area contributed by atoms with Gasteiger partial charge in [0, 0.05) is 30.7 Å². The third-order valence-electron chi connectivity index (χ3n) is 6.35. The number of nitrogens with one attached hydrogen (secondary N) is 1. The molecule has 114 valence electrons. The fourth-order valence-electron chi connectivity index (χ4n) is 5.18. The molecular formula is C19H30N2+2. The van der Waals surface area contributed by atoms with Crippen LogP contribution in [0.2, 0.25) is 0 Å². The molecule has 0 unspecified atom stereocenters. The van der Waals surface area contributed by atoms with E-state index in [2.05, 4.69) is 35.6 Å². The van der Waals surface area contributed by atoms with Crippen LogP contribution in [0.25, 0.3) is 0 Å². The molecule has 2 nitrogen and oxygen atoms in total. The minimum atomic E-state index is 0.925. The standard InChI is InChI=1S/C19H28N2/c1-2-4-15(5-3-1)14-21-10-8-18(9-11-21)20-19-13-16-6-7-17(19)12-16/h1-5,16-20H,6-14H2/p+2/t16-,17+,19+/m0/s1. The maximum absolute atomic E-state index is 2.79. The molecule has 0 spiro atoms. The summed E-state index contributed by atoms with van der Waals surface area (Å²) >= 11 is 0. The average Bonchev–Trinajstić information content (AvgIpc) is 3.13. The lowest BCUT2D eigenvalue weighted by atomic mass is 9.93. The highest BCUT2D eigenvalue weighted by molar-refractivity contribution is 5.13. The normalized spacial score (nSPS) is 38.8. The number of hydrogen-bond acceptors (Lipinski definition) is 0. The molecule has 3 aliphatic rings. The highest BCUT2D eigenvalue weighted by Gasteiger charge is 2.43. The average molecular weight is 286 g/mol. The number of piperidine rings is 1. The van der Waals surface area contributed by atoms with Gasteiger partial charge in [0.2, 0.25) is 0 Å². The van der Waals surface area contributed by atoms with Crippen LogP contribution in [0.15, 0.2) is 30.3 Å². The van der Waals surface area contributed by atoms with Gasteiger partial charge in [0.25, 0.3) is 0 Å². The molecule has 0 aromatic heterocycles. The second kappa shape index (κ2) is 6.10. The number of fused-ring (bicyclic) bond motifs is 2. The van der Waals surface area contributed by atoms with Crippen molar-refractivity contribution in [1.82, 2.24) is 0 Å². The Kier molecular flexibility index (Phi) is 4.00. The molecule has 2 aliphatic carbocycles. The van der Waals surface area contributed by atoms with E-state index in [9.17, 15) is 0 Å². The molecule has 1 aromatic carbocycles. The van der Waals surface area contributed by atoms with E-state index in [1.165, 1.54) is 57.3 Å². The lowest BCUT2D eigenvalue weighted by molar-refractivity contribution is -0.927. The van der Waals surface area contributed by atoms with E-state index in [0.717, 1.165) is 23.9 Å². The number of rotatable bonds is 4. The first kappa shape index (κ1) is 13.8. The van der Waals surface area contributed by atoms with Crippen molar-refractivity contribution in [3.05, 3.63) is 35.9 Å². The van der Waals surface area contributed by atoms with Gasteiger partial charge in [-0.05, 0) is 25.2 Å². The molecule has 0 amide bonds. The molecule has 0 radical (unpaired) electrons. The zero-order valence-corrected chi connectivity index (χ0v) is 13.1. The van der Waals surface area contributed by atoms with Gasteiger partial charge in [0.1, 0.15) is 6.54 Å². The van der Waals surface area contributed by atoms with Crippen LogP contribution in [0.3, 0.4) is 0 Å². The van der Waals surface area contributed by atoms with Crippen LogP contribution >= 0.6 is 0 Å². The third-order valence-corrected chi connectivity index (χ3v) is 6.35. The van der Waals surface area contributed by atoms with Crippen LogP contribution in [0.1, 0.15) is 44.1 Å². The van der Waals surface area contributed by atoms with Gasteiger partial charge in [-0.15, -0.1) is 0 Å². The van der Waals surface area contributed by atoms with Crippen LogP contribution in [-0.4, -0.2) is 25.2 Å². The van der Waals surface area contributed by atoms with Crippen LogP contribution in [0.4, 0.5) is 0 Å². The van der Waals surface area contributed by atoms with Gasteiger partial charge in [-0.25, -0.2) is 0 Å². The zero-order chi connectivity index (χ0) is 14.1. The van der Waals surface area contributed by atoms with Crippen LogP contribution < -0.4 is 10.2 Å². The van der Waals surface area contributed by atoms with Crippen molar-refractivity contribution in [3.8, 4) is 0 Å². The molecule has 2 bridgehead atoms. The van der Waals surface area contributed by atoms with E-state index in [4.69, 9.17) is 0 Å². The topological polar surface area (TPSA) is 21.1 Å². The molecular weight excluding hydrogens is 256 g/mol. The number of hydrogen-bond donors (Lipinski definition) is 2. The van der Waals surface area contributed by atoms with Crippen molar-refractivity contribution in [2.24, 2.45) is 11.8 Å². The van der Waals surface area contributed by atoms with E-state index in [-0.39, 0.29) is 0 Å². The number of likely N-dealkylation sites (tertiary alicyclic amines) is 1. The van der Waals surface area contributed by atoms with Crippen molar-refractivity contribution in [2.45, 2.75) is 57.2 Å². The summed E-state index contributed by atoms with van der Waals surface area (Å²) in [7, 11) is 0. The van der Waals surface area contributed by atoms with Crippen LogP contribution in [0, 0.1) is 11.8 Å². The predicted molar refractivity (Wildman–Crippen MR) is 85.0 cm³/mol. The lowest BCUT2D eigenvalue weighted by Gasteiger charge is -2.31. The summed E-state index contributed by atoms with van der Waals surface area (Å²) in [6.07, 6.45) is 9.01. The van der Waals surface area contributed by atoms with Gasteiger partial charge in [-0.1, -0.05) is 30.3 Å². The largest absolute Gasteiger partial charge is 0.341 e. The summed E-state index contributed by atoms with van der Waals surface area (Å²) in [5, 5.41) is 2.79. The van der Waals surface area contributed by atoms with Crippen molar-refractivity contribution in [3.63, 3.8) is 0 Å². The number of nitrogens with two attached hydrogens (primary N) is 1. The molecule has 1 saturated heterocycles. The van der Waals surface area contributed by atoms with Gasteiger partial charge in [-0.2, -0.15) is 0 Å². The van der Waals surface area contributed by atoms with Gasteiger partial charge in [0.15, 0.2) is 0 Å². The van der Waals surface area contributed by atoms with Crippen molar-refractivity contribution < 1.29 is 10.2 Å². The zero-order valence-electron chi connectivity index (χ0n) is 13.1. The van der Waals surface area contributed by atoms with E-state index in [1.54, 1.807) is 11.3 Å². The first-order chi connectivity index (χ1) is 10.4. The van der Waals surface area contributed by atoms with E-state index in [0.29, 0.717) is 0 Å². The molecule has 4 rings (SSSR count). The maximum Gasteiger partial charge on any atom is 0.103 e. The Hall–Kier alpha value is -0.860. The van der Waals surface area contributed by atoms with Crippen molar-refractivity contribution in [2.75, 3.05) is 13.1 Å². The smallest absolute Gasteiger partial charge is 0.103 e. The minimum absolute atomic E-state index is 0.925. The van der Waals surface area contributed by atoms with Gasteiger partial charge < -0.3 is 10.2 Å². The fraction of sp³-hybridized carbons (Fsp3) is 0.684. The summed E-state index contributed by atoms with van der Waals surface area (Å²) in [4.78, 5) is 1.79. The van der Waals surface area contributed by atoms with E-state index in [1.807, 2.05) is 0 Å². The van der Waals surface area contributed by atoms with Crippen LogP contribution in [0.5, 0.6) is 0 Å². The molecule has 21 heavy (non-hydrogen) atoms. The predicted octanol–water partition coefficient (Wildman–Crippen LogP) is 0.986. The van der Waals surface area contributed by atoms with E-state index >= 15 is 0 Å². The molecule has 1 heterocycles. The quantitative estimate of drug-likeness (QED) is 0.824. The fourth-order valence-corrected chi connectivity index (χ4v) is 5.18. The Bertz CT molecular complexity index is 450. The number of quaternary nitrogens is 2. The van der Waals surface area contributed by atoms with Crippen molar-refractivity contribution in [1.29, 1.82) is 0 Å². The van der Waals surface area contributed by atoms with Crippen molar-refractivity contribution >= 4 is 0 Å². The van der Waals surface area contributed by atoms with Gasteiger partial charge in [0.05, 0.1) is 25.2 Å². The van der Waals surface area contributed by atoms with E-state index < -0.39 is 0 Å². The molecule has 1 aromatic rings. The van der Waals surface area contributed by atoms with Gasteiger partial charge in [-0.3, -0.25) is 0 Å². The Morgan fingerprint density at radius 2 is 1.76 bits per heavy atom. The second-order valence-corrected chi connectivity index (χ2v) is 7.78. The summed E-state index contributed by atoms with van der Waals surface area (Å²) in [5.41, 5.74) is 1.50. The summed E-state index contributed by atoms with van der Waals surface area (Å²) in [5.74, 6) is 2.17. The Morgan fingerprint density at radius 3 is 2.43 bits per heavy atom. The highest BCUT2D eigenvalue weighted by Crippen LogP contribution is 2.43.